The predicted octanol–water partition coefficient (Wildman–Crippen LogP) is 2.15. The van der Waals surface area contributed by atoms with Gasteiger partial charge < -0.3 is 15.1 Å². The van der Waals surface area contributed by atoms with E-state index in [0.29, 0.717) is 5.82 Å². The van der Waals surface area contributed by atoms with E-state index in [-0.39, 0.29) is 11.5 Å². The van der Waals surface area contributed by atoms with Crippen molar-refractivity contribution < 1.29 is 13.6 Å². The van der Waals surface area contributed by atoms with Crippen LogP contribution in [-0.4, -0.2) is 54.1 Å². The Morgan fingerprint density at radius 2 is 1.84 bits per heavy atom. The number of nitrogens with zero attached hydrogens (tertiary/aromatic N) is 4. The summed E-state index contributed by atoms with van der Waals surface area (Å²) in [6, 6.07) is 3.76. The minimum absolute atomic E-state index is 0.245. The van der Waals surface area contributed by atoms with Crippen molar-refractivity contribution in [2.75, 3.05) is 48.8 Å². The van der Waals surface area contributed by atoms with Crippen molar-refractivity contribution in [3.8, 4) is 0 Å². The number of carbonyl (C=O) groups is 1. The first-order valence-electron chi connectivity index (χ1n) is 7.80. The van der Waals surface area contributed by atoms with Gasteiger partial charge >= 0.3 is 6.03 Å². The number of hydrogen-bond acceptors (Lipinski definition) is 5. The maximum Gasteiger partial charge on any atom is 0.324 e. The molecule has 0 saturated carbocycles. The zero-order valence-corrected chi connectivity index (χ0v) is 13.7. The van der Waals surface area contributed by atoms with Gasteiger partial charge in [0.1, 0.15) is 29.6 Å². The number of likely N-dealkylation sites (N-methyl/N-ethyl adjacent to an activating group) is 1. The molecule has 25 heavy (non-hydrogen) atoms. The molecule has 0 aliphatic carbocycles. The lowest BCUT2D eigenvalue weighted by Gasteiger charge is -2.33. The largest absolute Gasteiger partial charge is 0.354 e. The number of nitrogens with one attached hydrogen (secondary N) is 2. The topological polar surface area (TPSA) is 73.4 Å². The van der Waals surface area contributed by atoms with Crippen LogP contribution in [0.1, 0.15) is 0 Å². The van der Waals surface area contributed by atoms with Crippen molar-refractivity contribution in [1.82, 2.24) is 14.9 Å². The molecule has 2 amide bonds. The maximum absolute atomic E-state index is 13.6. The zero-order chi connectivity index (χ0) is 17.8. The van der Waals surface area contributed by atoms with Crippen molar-refractivity contribution in [3.05, 3.63) is 42.2 Å². The molecule has 0 spiro atoms. The highest BCUT2D eigenvalue weighted by Crippen LogP contribution is 2.18. The van der Waals surface area contributed by atoms with Crippen molar-refractivity contribution in [1.29, 1.82) is 0 Å². The van der Waals surface area contributed by atoms with Gasteiger partial charge in [-0.3, -0.25) is 5.32 Å². The lowest BCUT2D eigenvalue weighted by molar-refractivity contribution is 0.262. The second-order valence-corrected chi connectivity index (χ2v) is 5.76. The molecule has 1 aromatic heterocycles. The number of anilines is 3. The molecule has 9 heteroatoms. The molecule has 1 saturated heterocycles. The summed E-state index contributed by atoms with van der Waals surface area (Å²) in [7, 11) is 2.06. The summed E-state index contributed by atoms with van der Waals surface area (Å²) in [5, 5.41) is 4.76. The van der Waals surface area contributed by atoms with Gasteiger partial charge in [-0.05, 0) is 19.2 Å². The highest BCUT2D eigenvalue weighted by atomic mass is 19.1. The Bertz CT molecular complexity index is 764. The van der Waals surface area contributed by atoms with E-state index in [9.17, 15) is 13.6 Å². The van der Waals surface area contributed by atoms with Crippen LogP contribution in [0.15, 0.2) is 30.6 Å². The summed E-state index contributed by atoms with van der Waals surface area (Å²) in [4.78, 5) is 24.5. The summed E-state index contributed by atoms with van der Waals surface area (Å²) >= 11 is 0. The number of benzene rings is 1. The highest BCUT2D eigenvalue weighted by molar-refractivity contribution is 5.99. The van der Waals surface area contributed by atoms with Crippen molar-refractivity contribution in [2.24, 2.45) is 0 Å². The second kappa shape index (κ2) is 7.39. The van der Waals surface area contributed by atoms with Crippen LogP contribution in [0.25, 0.3) is 0 Å². The van der Waals surface area contributed by atoms with Gasteiger partial charge in [0, 0.05) is 38.3 Å². The molecule has 0 atom stereocenters. The number of carbonyl (C=O) groups excluding carboxylic acids is 1. The Labute approximate surface area is 143 Å². The smallest absolute Gasteiger partial charge is 0.324 e. The Hall–Kier alpha value is -2.81. The molecule has 1 aliphatic rings. The van der Waals surface area contributed by atoms with E-state index in [1.807, 2.05) is 0 Å². The fourth-order valence-corrected chi connectivity index (χ4v) is 2.49. The van der Waals surface area contributed by atoms with Gasteiger partial charge in [0.25, 0.3) is 0 Å². The molecule has 0 unspecified atom stereocenters. The predicted molar refractivity (Wildman–Crippen MR) is 90.7 cm³/mol. The Kier molecular flexibility index (Phi) is 5.03. The number of rotatable bonds is 3. The Morgan fingerprint density at radius 1 is 1.08 bits per heavy atom. The van der Waals surface area contributed by atoms with E-state index in [1.165, 1.54) is 6.33 Å². The monoisotopic (exact) mass is 348 g/mol. The molecule has 2 heterocycles. The normalized spacial score (nSPS) is 15.1. The molecule has 132 valence electrons. The van der Waals surface area contributed by atoms with Gasteiger partial charge in [-0.1, -0.05) is 0 Å². The van der Waals surface area contributed by atoms with Gasteiger partial charge in [0.2, 0.25) is 0 Å². The number of aromatic nitrogens is 2. The first-order valence-corrected chi connectivity index (χ1v) is 7.80. The summed E-state index contributed by atoms with van der Waals surface area (Å²) < 4.78 is 26.7. The minimum Gasteiger partial charge on any atom is -0.354 e. The van der Waals surface area contributed by atoms with Crippen LogP contribution in [-0.2, 0) is 0 Å². The average Bonchev–Trinajstić information content (AvgIpc) is 2.59. The number of hydrogen-bond donors (Lipinski definition) is 2. The number of amides is 2. The summed E-state index contributed by atoms with van der Waals surface area (Å²) in [5.74, 6) is -0.387. The summed E-state index contributed by atoms with van der Waals surface area (Å²) in [6.07, 6.45) is 1.35. The quantitative estimate of drug-likeness (QED) is 0.889. The van der Waals surface area contributed by atoms with Crippen LogP contribution in [0.4, 0.5) is 30.9 Å². The molecule has 7 nitrogen and oxygen atoms in total. The molecule has 1 fully saturated rings. The Balaban J connectivity index is 1.65. The van der Waals surface area contributed by atoms with Gasteiger partial charge in [-0.2, -0.15) is 0 Å². The highest BCUT2D eigenvalue weighted by Gasteiger charge is 2.16. The van der Waals surface area contributed by atoms with E-state index in [4.69, 9.17) is 0 Å². The molecule has 1 aromatic carbocycles. The van der Waals surface area contributed by atoms with Crippen molar-refractivity contribution >= 4 is 23.4 Å². The number of piperazine rings is 1. The molecule has 0 radical (unpaired) electrons. The van der Waals surface area contributed by atoms with E-state index < -0.39 is 17.7 Å². The van der Waals surface area contributed by atoms with Crippen molar-refractivity contribution in [2.45, 2.75) is 0 Å². The average molecular weight is 348 g/mol. The van der Waals surface area contributed by atoms with E-state index in [2.05, 4.69) is 37.4 Å². The molecular formula is C16H18F2N6O. The van der Waals surface area contributed by atoms with Gasteiger partial charge in [0.05, 0.1) is 5.69 Å². The summed E-state index contributed by atoms with van der Waals surface area (Å²) in [6.45, 7) is 3.50. The Morgan fingerprint density at radius 3 is 2.60 bits per heavy atom. The SMILES string of the molecule is CN1CCN(c2cc(NC(=O)Nc3cc(F)ccc3F)ncn2)CC1. The van der Waals surface area contributed by atoms with Gasteiger partial charge in [-0.25, -0.2) is 23.5 Å². The van der Waals surface area contributed by atoms with Gasteiger partial charge in [0.15, 0.2) is 0 Å². The first-order chi connectivity index (χ1) is 12.0. The number of urea groups is 1. The third-order valence-corrected chi connectivity index (χ3v) is 3.90. The third kappa shape index (κ3) is 4.38. The van der Waals surface area contributed by atoms with Crippen LogP contribution in [0.2, 0.25) is 0 Å². The van der Waals surface area contributed by atoms with Crippen molar-refractivity contribution in [3.63, 3.8) is 0 Å². The van der Waals surface area contributed by atoms with Crippen LogP contribution in [0.3, 0.4) is 0 Å². The molecule has 2 N–H and O–H groups in total. The zero-order valence-electron chi connectivity index (χ0n) is 13.7. The first kappa shape index (κ1) is 17.0. The van der Waals surface area contributed by atoms with E-state index in [0.717, 1.165) is 44.4 Å². The molecular weight excluding hydrogens is 330 g/mol. The van der Waals surface area contributed by atoms with E-state index >= 15 is 0 Å². The lowest BCUT2D eigenvalue weighted by atomic mass is 10.3. The standard InChI is InChI=1S/C16H18F2N6O/c1-23-4-6-24(7-5-23)15-9-14(19-10-20-15)22-16(25)21-13-8-11(17)2-3-12(13)18/h2-3,8-10H,4-7H2,1H3,(H2,19,20,21,22,25). The second-order valence-electron chi connectivity index (χ2n) is 5.76. The molecule has 3 rings (SSSR count). The number of halogens is 2. The lowest BCUT2D eigenvalue weighted by Crippen LogP contribution is -2.44. The fraction of sp³-hybridized carbons (Fsp3) is 0.312. The van der Waals surface area contributed by atoms with Gasteiger partial charge in [-0.15, -0.1) is 0 Å². The van der Waals surface area contributed by atoms with Crippen LogP contribution in [0, 0.1) is 11.6 Å². The fourth-order valence-electron chi connectivity index (χ4n) is 2.49. The van der Waals surface area contributed by atoms with Crippen LogP contribution < -0.4 is 15.5 Å². The van der Waals surface area contributed by atoms with Crippen LogP contribution >= 0.6 is 0 Å². The molecule has 0 bridgehead atoms. The third-order valence-electron chi connectivity index (χ3n) is 3.90. The van der Waals surface area contributed by atoms with E-state index in [1.54, 1.807) is 6.07 Å². The van der Waals surface area contributed by atoms with Crippen LogP contribution in [0.5, 0.6) is 0 Å². The minimum atomic E-state index is -0.725. The maximum atomic E-state index is 13.6. The summed E-state index contributed by atoms with van der Waals surface area (Å²) in [5.41, 5.74) is -0.245. The molecule has 1 aliphatic heterocycles. The molecule has 2 aromatic rings.